The van der Waals surface area contributed by atoms with E-state index in [1.54, 1.807) is 18.2 Å². The smallest absolute Gasteiger partial charge is 0.368 e. The molecule has 2 aromatic rings. The largest absolute Gasteiger partial charge is 0.490 e. The lowest BCUT2D eigenvalue weighted by Crippen LogP contribution is -2.07. The molecule has 5 heteroatoms. The first-order chi connectivity index (χ1) is 14.2. The van der Waals surface area contributed by atoms with Crippen LogP contribution in [0.5, 0.6) is 11.5 Å². The van der Waals surface area contributed by atoms with Gasteiger partial charge in [-0.3, -0.25) is 0 Å². The summed E-state index contributed by atoms with van der Waals surface area (Å²) in [5, 5.41) is 3.96. The molecule has 1 heterocycles. The highest BCUT2D eigenvalue weighted by Gasteiger charge is 2.27. The van der Waals surface area contributed by atoms with Crippen LogP contribution in [-0.2, 0) is 16.1 Å². The number of ether oxygens (including phenoxy) is 2. The van der Waals surface area contributed by atoms with Gasteiger partial charge in [0.25, 0.3) is 0 Å². The normalized spacial score (nSPS) is 14.3. The molecule has 2 aromatic carbocycles. The molecule has 0 atom stereocenters. The lowest BCUT2D eigenvalue weighted by Gasteiger charge is -2.16. The van der Waals surface area contributed by atoms with Crippen LogP contribution in [0, 0.1) is 0 Å². The summed E-state index contributed by atoms with van der Waals surface area (Å²) >= 11 is 0. The minimum absolute atomic E-state index is 0.363. The molecule has 0 spiro atoms. The highest BCUT2D eigenvalue weighted by molar-refractivity contribution is 6.31. The van der Waals surface area contributed by atoms with Gasteiger partial charge in [-0.2, -0.15) is 0 Å². The lowest BCUT2D eigenvalue weighted by atomic mass is 9.99. The van der Waals surface area contributed by atoms with E-state index in [-0.39, 0.29) is 0 Å². The molecule has 0 radical (unpaired) electrons. The van der Waals surface area contributed by atoms with Crippen molar-refractivity contribution in [3.8, 4) is 11.5 Å². The molecule has 1 aliphatic heterocycles. The van der Waals surface area contributed by atoms with Crippen LogP contribution >= 0.6 is 0 Å². The van der Waals surface area contributed by atoms with Gasteiger partial charge in [-0.25, -0.2) is 4.79 Å². The predicted octanol–water partition coefficient (Wildman–Crippen LogP) is 4.72. The van der Waals surface area contributed by atoms with Crippen molar-refractivity contribution in [2.45, 2.75) is 13.3 Å². The van der Waals surface area contributed by atoms with E-state index in [1.807, 2.05) is 49.4 Å². The van der Waals surface area contributed by atoms with Gasteiger partial charge in [-0.05, 0) is 37.1 Å². The summed E-state index contributed by atoms with van der Waals surface area (Å²) in [6.45, 7) is 10.3. The number of nitrogens with zero attached hydrogens (tertiary/aromatic N) is 1. The Labute approximate surface area is 170 Å². The van der Waals surface area contributed by atoms with Crippen molar-refractivity contribution in [2.75, 3.05) is 13.2 Å². The van der Waals surface area contributed by atoms with E-state index in [1.165, 1.54) is 0 Å². The molecule has 0 bridgehead atoms. The summed E-state index contributed by atoms with van der Waals surface area (Å²) in [5.41, 5.74) is 3.40. The number of carbonyl (C=O) groups is 1. The van der Waals surface area contributed by atoms with Gasteiger partial charge in [0.05, 0.1) is 12.2 Å². The molecular weight excluding hydrogens is 366 g/mol. The molecule has 0 aliphatic carbocycles. The Morgan fingerprint density at radius 3 is 2.59 bits per heavy atom. The lowest BCUT2D eigenvalue weighted by molar-refractivity contribution is -0.136. The van der Waals surface area contributed by atoms with Crippen molar-refractivity contribution in [1.29, 1.82) is 0 Å². The van der Waals surface area contributed by atoms with Crippen molar-refractivity contribution in [2.24, 2.45) is 5.16 Å². The first-order valence-electron chi connectivity index (χ1n) is 9.39. The molecule has 1 aliphatic rings. The van der Waals surface area contributed by atoms with Gasteiger partial charge < -0.3 is 14.3 Å². The summed E-state index contributed by atoms with van der Waals surface area (Å²) in [7, 11) is 0. The molecule has 0 unspecified atom stereocenters. The molecule has 0 aromatic heterocycles. The Morgan fingerprint density at radius 2 is 1.90 bits per heavy atom. The number of rotatable bonds is 9. The van der Waals surface area contributed by atoms with Crippen LogP contribution in [0.1, 0.15) is 23.6 Å². The zero-order valence-corrected chi connectivity index (χ0v) is 16.4. The van der Waals surface area contributed by atoms with Crippen LogP contribution in [0.15, 0.2) is 78.5 Å². The van der Waals surface area contributed by atoms with Crippen LogP contribution in [0.25, 0.3) is 6.08 Å². The van der Waals surface area contributed by atoms with Crippen molar-refractivity contribution in [3.05, 3.63) is 90.0 Å². The van der Waals surface area contributed by atoms with E-state index >= 15 is 0 Å². The fourth-order valence-corrected chi connectivity index (χ4v) is 3.02. The van der Waals surface area contributed by atoms with Gasteiger partial charge in [-0.1, -0.05) is 54.2 Å². The average molecular weight is 389 g/mol. The number of allylic oxidation sites excluding steroid dienone is 1. The second kappa shape index (κ2) is 9.55. The van der Waals surface area contributed by atoms with Gasteiger partial charge in [0, 0.05) is 11.1 Å². The summed E-state index contributed by atoms with van der Waals surface area (Å²) < 4.78 is 11.6. The SMILES string of the molecule is C=CCOc1c(CC=C)cc(/C=C2\C(=O)ON=C2c2ccccc2)cc1OCC. The minimum Gasteiger partial charge on any atom is -0.490 e. The predicted molar refractivity (Wildman–Crippen MR) is 114 cm³/mol. The molecular formula is C24H23NO4. The number of hydrogen-bond donors (Lipinski definition) is 0. The van der Waals surface area contributed by atoms with Gasteiger partial charge in [0.2, 0.25) is 0 Å². The van der Waals surface area contributed by atoms with Gasteiger partial charge in [0.15, 0.2) is 11.5 Å². The average Bonchev–Trinajstić information content (AvgIpc) is 3.09. The molecule has 3 rings (SSSR count). The van der Waals surface area contributed by atoms with Crippen LogP contribution in [0.4, 0.5) is 0 Å². The van der Waals surface area contributed by atoms with Crippen molar-refractivity contribution < 1.29 is 19.1 Å². The number of carbonyl (C=O) groups excluding carboxylic acids is 1. The summed E-state index contributed by atoms with van der Waals surface area (Å²) in [6.07, 6.45) is 5.82. The first-order valence-corrected chi connectivity index (χ1v) is 9.39. The maximum atomic E-state index is 12.3. The molecule has 0 N–H and O–H groups in total. The molecule has 0 fully saturated rings. The van der Waals surface area contributed by atoms with E-state index in [9.17, 15) is 4.79 Å². The highest BCUT2D eigenvalue weighted by Crippen LogP contribution is 2.35. The topological polar surface area (TPSA) is 57.1 Å². The van der Waals surface area contributed by atoms with Gasteiger partial charge >= 0.3 is 5.97 Å². The van der Waals surface area contributed by atoms with Crippen LogP contribution in [-0.4, -0.2) is 24.9 Å². The van der Waals surface area contributed by atoms with Crippen molar-refractivity contribution >= 4 is 17.8 Å². The van der Waals surface area contributed by atoms with Crippen LogP contribution in [0.2, 0.25) is 0 Å². The van der Waals surface area contributed by atoms with Crippen LogP contribution < -0.4 is 9.47 Å². The fourth-order valence-electron chi connectivity index (χ4n) is 3.02. The molecule has 5 nitrogen and oxygen atoms in total. The van der Waals surface area contributed by atoms with Gasteiger partial charge in [-0.15, -0.1) is 6.58 Å². The molecule has 29 heavy (non-hydrogen) atoms. The summed E-state index contributed by atoms with van der Waals surface area (Å²) in [5.74, 6) is 0.768. The second-order valence-corrected chi connectivity index (χ2v) is 6.28. The Kier molecular flexibility index (Phi) is 6.63. The standard InChI is InChI=1S/C24H23NO4/c1-4-10-19-14-17(16-21(27-6-3)23(19)28-13-5-2)15-20-22(25-29-24(20)26)18-11-8-7-9-12-18/h4-5,7-9,11-12,14-16H,1-2,6,10,13H2,3H3/b20-15-. The van der Waals surface area contributed by atoms with E-state index in [4.69, 9.17) is 14.3 Å². The van der Waals surface area contributed by atoms with E-state index in [2.05, 4.69) is 18.3 Å². The summed E-state index contributed by atoms with van der Waals surface area (Å²) in [4.78, 5) is 17.2. The maximum absolute atomic E-state index is 12.3. The van der Waals surface area contributed by atoms with Gasteiger partial charge in [0.1, 0.15) is 12.3 Å². The second-order valence-electron chi connectivity index (χ2n) is 6.28. The monoisotopic (exact) mass is 389 g/mol. The third-order valence-corrected chi connectivity index (χ3v) is 4.22. The Hall–Kier alpha value is -3.60. The summed E-state index contributed by atoms with van der Waals surface area (Å²) in [6, 6.07) is 13.2. The van der Waals surface area contributed by atoms with Crippen molar-refractivity contribution in [1.82, 2.24) is 0 Å². The highest BCUT2D eigenvalue weighted by atomic mass is 16.7. The Bertz CT molecular complexity index is 974. The molecule has 0 saturated heterocycles. The molecule has 148 valence electrons. The zero-order valence-electron chi connectivity index (χ0n) is 16.4. The van der Waals surface area contributed by atoms with Crippen LogP contribution in [0.3, 0.4) is 0 Å². The minimum atomic E-state index is -0.487. The zero-order chi connectivity index (χ0) is 20.6. The number of benzene rings is 2. The fraction of sp³-hybridized carbons (Fsp3) is 0.167. The van der Waals surface area contributed by atoms with E-state index in [0.717, 1.165) is 16.7 Å². The Balaban J connectivity index is 2.07. The first kappa shape index (κ1) is 20.1. The van der Waals surface area contributed by atoms with E-state index < -0.39 is 5.97 Å². The Morgan fingerprint density at radius 1 is 1.10 bits per heavy atom. The van der Waals surface area contributed by atoms with Crippen molar-refractivity contribution in [3.63, 3.8) is 0 Å². The third kappa shape index (κ3) is 4.63. The maximum Gasteiger partial charge on any atom is 0.368 e. The third-order valence-electron chi connectivity index (χ3n) is 4.22. The molecule has 0 amide bonds. The van der Waals surface area contributed by atoms with E-state index in [0.29, 0.717) is 42.4 Å². The number of hydrogen-bond acceptors (Lipinski definition) is 5. The quantitative estimate of drug-likeness (QED) is 0.354. The molecule has 0 saturated carbocycles. The number of oxime groups is 1.